The largest absolute Gasteiger partial charge is 0.497 e. The van der Waals surface area contributed by atoms with Crippen LogP contribution in [-0.2, 0) is 16.0 Å². The number of benzene rings is 1. The second-order valence-corrected chi connectivity index (χ2v) is 4.90. The number of carbonyl (C=O) groups excluding carboxylic acids is 1. The quantitative estimate of drug-likeness (QED) is 0.833. The number of ether oxygens (including phenoxy) is 2. The molecule has 0 spiro atoms. The summed E-state index contributed by atoms with van der Waals surface area (Å²) in [6.07, 6.45) is 0.724. The molecular weight excluding hydrogens is 256 g/mol. The van der Waals surface area contributed by atoms with Crippen molar-refractivity contribution in [3.8, 4) is 5.75 Å². The van der Waals surface area contributed by atoms with Gasteiger partial charge in [0.15, 0.2) is 0 Å². The van der Waals surface area contributed by atoms with Gasteiger partial charge in [0.1, 0.15) is 11.8 Å². The van der Waals surface area contributed by atoms with Gasteiger partial charge in [-0.1, -0.05) is 12.1 Å². The Balaban J connectivity index is 1.75. The van der Waals surface area contributed by atoms with Crippen molar-refractivity contribution in [3.63, 3.8) is 0 Å². The summed E-state index contributed by atoms with van der Waals surface area (Å²) < 4.78 is 10.6. The molecule has 1 fully saturated rings. The molecule has 1 aromatic carbocycles. The van der Waals surface area contributed by atoms with Crippen molar-refractivity contribution >= 4 is 5.91 Å². The number of rotatable bonds is 5. The fourth-order valence-corrected chi connectivity index (χ4v) is 2.26. The van der Waals surface area contributed by atoms with Crippen LogP contribution in [-0.4, -0.2) is 44.9 Å². The second-order valence-electron chi connectivity index (χ2n) is 4.90. The molecule has 1 heterocycles. The number of methoxy groups -OCH3 is 1. The minimum atomic E-state index is -0.250. The molecule has 0 bridgehead atoms. The van der Waals surface area contributed by atoms with Crippen molar-refractivity contribution in [2.75, 3.05) is 26.8 Å². The summed E-state index contributed by atoms with van der Waals surface area (Å²) in [6.45, 7) is 3.92. The van der Waals surface area contributed by atoms with E-state index in [9.17, 15) is 4.79 Å². The van der Waals surface area contributed by atoms with Crippen molar-refractivity contribution in [1.29, 1.82) is 0 Å². The van der Waals surface area contributed by atoms with Gasteiger partial charge in [-0.2, -0.15) is 0 Å². The number of amides is 1. The summed E-state index contributed by atoms with van der Waals surface area (Å²) in [6, 6.07) is 7.62. The summed E-state index contributed by atoms with van der Waals surface area (Å²) in [5.74, 6) is 0.848. The molecule has 0 radical (unpaired) electrons. The number of morpholine rings is 1. The van der Waals surface area contributed by atoms with E-state index in [4.69, 9.17) is 9.47 Å². The summed E-state index contributed by atoms with van der Waals surface area (Å²) in [5.41, 5.74) is 1.17. The fourth-order valence-electron chi connectivity index (χ4n) is 2.26. The average molecular weight is 278 g/mol. The van der Waals surface area contributed by atoms with Gasteiger partial charge in [0, 0.05) is 13.1 Å². The van der Waals surface area contributed by atoms with E-state index in [0.717, 1.165) is 18.7 Å². The van der Waals surface area contributed by atoms with E-state index >= 15 is 0 Å². The highest BCUT2D eigenvalue weighted by Crippen LogP contribution is 2.11. The molecule has 5 heteroatoms. The molecule has 1 saturated heterocycles. The van der Waals surface area contributed by atoms with E-state index in [0.29, 0.717) is 13.2 Å². The average Bonchev–Trinajstić information content (AvgIpc) is 2.48. The van der Waals surface area contributed by atoms with Crippen molar-refractivity contribution in [2.45, 2.75) is 25.5 Å². The van der Waals surface area contributed by atoms with Crippen LogP contribution in [0.25, 0.3) is 0 Å². The minimum Gasteiger partial charge on any atom is -0.497 e. The maximum absolute atomic E-state index is 12.0. The molecule has 2 atom stereocenters. The molecule has 0 aromatic heterocycles. The first-order chi connectivity index (χ1) is 9.70. The van der Waals surface area contributed by atoms with E-state index in [1.165, 1.54) is 5.56 Å². The molecule has 2 N–H and O–H groups in total. The Morgan fingerprint density at radius 2 is 2.20 bits per heavy atom. The van der Waals surface area contributed by atoms with Gasteiger partial charge in [0.2, 0.25) is 5.91 Å². The van der Waals surface area contributed by atoms with Gasteiger partial charge in [-0.3, -0.25) is 4.79 Å². The number of carbonyl (C=O) groups is 1. The molecule has 20 heavy (non-hydrogen) atoms. The zero-order valence-electron chi connectivity index (χ0n) is 12.0. The van der Waals surface area contributed by atoms with E-state index in [2.05, 4.69) is 10.6 Å². The van der Waals surface area contributed by atoms with Crippen LogP contribution in [0.3, 0.4) is 0 Å². The van der Waals surface area contributed by atoms with Crippen LogP contribution >= 0.6 is 0 Å². The lowest BCUT2D eigenvalue weighted by Gasteiger charge is -2.29. The molecule has 0 aliphatic carbocycles. The Hall–Kier alpha value is -1.59. The third-order valence-electron chi connectivity index (χ3n) is 3.47. The minimum absolute atomic E-state index is 0.00529. The first-order valence-electron chi connectivity index (χ1n) is 6.96. The normalized spacial score (nSPS) is 22.3. The lowest BCUT2D eigenvalue weighted by molar-refractivity contribution is -0.128. The maximum Gasteiger partial charge on any atom is 0.239 e. The van der Waals surface area contributed by atoms with Crippen LogP contribution in [0.4, 0.5) is 0 Å². The monoisotopic (exact) mass is 278 g/mol. The van der Waals surface area contributed by atoms with Crippen molar-refractivity contribution in [3.05, 3.63) is 29.8 Å². The lowest BCUT2D eigenvalue weighted by Crippen LogP contribution is -2.55. The Morgan fingerprint density at radius 3 is 2.85 bits per heavy atom. The van der Waals surface area contributed by atoms with Crippen LogP contribution in [0.15, 0.2) is 24.3 Å². The van der Waals surface area contributed by atoms with E-state index in [1.54, 1.807) is 7.11 Å². The lowest BCUT2D eigenvalue weighted by atomic mass is 10.1. The number of hydrogen-bond acceptors (Lipinski definition) is 4. The predicted octanol–water partition coefficient (Wildman–Crippen LogP) is 0.731. The van der Waals surface area contributed by atoms with Gasteiger partial charge < -0.3 is 20.1 Å². The van der Waals surface area contributed by atoms with Crippen LogP contribution in [0.2, 0.25) is 0 Å². The zero-order chi connectivity index (χ0) is 14.4. The van der Waals surface area contributed by atoms with Crippen molar-refractivity contribution < 1.29 is 14.3 Å². The van der Waals surface area contributed by atoms with Gasteiger partial charge in [0.05, 0.1) is 19.8 Å². The molecule has 5 nitrogen and oxygen atoms in total. The highest BCUT2D eigenvalue weighted by atomic mass is 16.5. The second kappa shape index (κ2) is 7.26. The smallest absolute Gasteiger partial charge is 0.239 e. The molecule has 1 aliphatic rings. The summed E-state index contributed by atoms with van der Waals surface area (Å²) in [5, 5.41) is 6.13. The van der Waals surface area contributed by atoms with Crippen molar-refractivity contribution in [2.24, 2.45) is 0 Å². The molecule has 2 rings (SSSR count). The molecule has 1 aromatic rings. The SMILES string of the molecule is COc1ccc(CCNC(=O)[C@H]2NCCO[C@@H]2C)cc1. The topological polar surface area (TPSA) is 59.6 Å². The van der Waals surface area contributed by atoms with Crippen LogP contribution in [0.1, 0.15) is 12.5 Å². The maximum atomic E-state index is 12.0. The van der Waals surface area contributed by atoms with E-state index in [1.807, 2.05) is 31.2 Å². The highest BCUT2D eigenvalue weighted by Gasteiger charge is 2.27. The summed E-state index contributed by atoms with van der Waals surface area (Å²) in [4.78, 5) is 12.0. The first kappa shape index (κ1) is 14.8. The van der Waals surface area contributed by atoms with Gasteiger partial charge in [-0.05, 0) is 31.0 Å². The van der Waals surface area contributed by atoms with Crippen LogP contribution < -0.4 is 15.4 Å². The summed E-state index contributed by atoms with van der Waals surface area (Å²) >= 11 is 0. The van der Waals surface area contributed by atoms with E-state index in [-0.39, 0.29) is 18.1 Å². The third kappa shape index (κ3) is 3.95. The molecule has 0 saturated carbocycles. The van der Waals surface area contributed by atoms with Gasteiger partial charge in [-0.25, -0.2) is 0 Å². The van der Waals surface area contributed by atoms with Crippen LogP contribution in [0.5, 0.6) is 5.75 Å². The number of nitrogens with one attached hydrogen (secondary N) is 2. The first-order valence-corrected chi connectivity index (χ1v) is 6.96. The van der Waals surface area contributed by atoms with Gasteiger partial charge in [-0.15, -0.1) is 0 Å². The molecule has 110 valence electrons. The molecule has 1 aliphatic heterocycles. The van der Waals surface area contributed by atoms with E-state index < -0.39 is 0 Å². The zero-order valence-corrected chi connectivity index (χ0v) is 12.0. The fraction of sp³-hybridized carbons (Fsp3) is 0.533. The Bertz CT molecular complexity index is 433. The third-order valence-corrected chi connectivity index (χ3v) is 3.47. The van der Waals surface area contributed by atoms with Crippen molar-refractivity contribution in [1.82, 2.24) is 10.6 Å². The standard InChI is InChI=1S/C15H22N2O3/c1-11-14(16-9-10-20-11)15(18)17-8-7-12-3-5-13(19-2)6-4-12/h3-6,11,14,16H,7-10H2,1-2H3,(H,17,18)/t11-,14+/m1/s1. The molecule has 1 amide bonds. The number of hydrogen-bond donors (Lipinski definition) is 2. The Morgan fingerprint density at radius 1 is 1.45 bits per heavy atom. The highest BCUT2D eigenvalue weighted by molar-refractivity contribution is 5.82. The summed E-state index contributed by atoms with van der Waals surface area (Å²) in [7, 11) is 1.65. The predicted molar refractivity (Wildman–Crippen MR) is 76.9 cm³/mol. The Kier molecular flexibility index (Phi) is 5.38. The molecule has 0 unspecified atom stereocenters. The van der Waals surface area contributed by atoms with Gasteiger partial charge in [0.25, 0.3) is 0 Å². The van der Waals surface area contributed by atoms with Gasteiger partial charge >= 0.3 is 0 Å². The Labute approximate surface area is 119 Å². The molecular formula is C15H22N2O3. The van der Waals surface area contributed by atoms with Crippen LogP contribution in [0, 0.1) is 0 Å².